The quantitative estimate of drug-likeness (QED) is 0.705. The van der Waals surface area contributed by atoms with Gasteiger partial charge in [-0.3, -0.25) is 9.59 Å². The maximum absolute atomic E-state index is 12.0. The van der Waals surface area contributed by atoms with Gasteiger partial charge >= 0.3 is 5.97 Å². The third kappa shape index (κ3) is 2.50. The molecule has 0 fully saturated rings. The Kier molecular flexibility index (Phi) is 3.50. The van der Waals surface area contributed by atoms with Crippen molar-refractivity contribution < 1.29 is 19.1 Å². The van der Waals surface area contributed by atoms with Gasteiger partial charge in [-0.2, -0.15) is 0 Å². The van der Waals surface area contributed by atoms with Gasteiger partial charge in [-0.05, 0) is 18.2 Å². The molecule has 0 radical (unpaired) electrons. The lowest BCUT2D eigenvalue weighted by Gasteiger charge is -2.02. The van der Waals surface area contributed by atoms with Crippen LogP contribution in [0.4, 0.5) is 0 Å². The number of nitrogens with zero attached hydrogens (tertiary/aromatic N) is 1. The summed E-state index contributed by atoms with van der Waals surface area (Å²) in [5.74, 6) is -1.89. The first kappa shape index (κ1) is 14.1. The molecule has 0 bridgehead atoms. The minimum Gasteiger partial charge on any atom is -0.481 e. The number of aromatic nitrogens is 2. The fourth-order valence-corrected chi connectivity index (χ4v) is 2.28. The number of ketones is 1. The fraction of sp³-hybridized carbons (Fsp3) is 0.188. The molecule has 0 saturated carbocycles. The van der Waals surface area contributed by atoms with Gasteiger partial charge in [-0.15, -0.1) is 0 Å². The zero-order valence-electron chi connectivity index (χ0n) is 11.9. The van der Waals surface area contributed by atoms with Crippen LogP contribution in [0.5, 0.6) is 0 Å². The Balaban J connectivity index is 1.88. The second-order valence-electron chi connectivity index (χ2n) is 5.17. The molecular formula is C16H14N2O4. The molecule has 0 aromatic carbocycles. The molecule has 22 heavy (non-hydrogen) atoms. The van der Waals surface area contributed by atoms with Crippen molar-refractivity contribution >= 4 is 22.8 Å². The summed E-state index contributed by atoms with van der Waals surface area (Å²) in [4.78, 5) is 30.1. The summed E-state index contributed by atoms with van der Waals surface area (Å²) in [5, 5.41) is 9.79. The van der Waals surface area contributed by atoms with Crippen molar-refractivity contribution in [2.24, 2.45) is 5.92 Å². The predicted molar refractivity (Wildman–Crippen MR) is 79.5 cm³/mol. The number of nitrogens with one attached hydrogen (secondary N) is 1. The highest BCUT2D eigenvalue weighted by atomic mass is 16.4. The van der Waals surface area contributed by atoms with Crippen LogP contribution in [-0.4, -0.2) is 26.8 Å². The Hall–Kier alpha value is -2.89. The van der Waals surface area contributed by atoms with Gasteiger partial charge in [0.2, 0.25) is 0 Å². The number of fused-ring (bicyclic) bond motifs is 1. The summed E-state index contributed by atoms with van der Waals surface area (Å²) in [6.07, 6.45) is 4.91. The van der Waals surface area contributed by atoms with Gasteiger partial charge in [-0.1, -0.05) is 6.92 Å². The first-order valence-corrected chi connectivity index (χ1v) is 6.83. The number of hydrogen-bond donors (Lipinski definition) is 2. The van der Waals surface area contributed by atoms with E-state index in [0.29, 0.717) is 0 Å². The molecule has 3 rings (SSSR count). The van der Waals surface area contributed by atoms with Crippen molar-refractivity contribution in [2.75, 3.05) is 0 Å². The lowest BCUT2D eigenvalue weighted by molar-refractivity contribution is -0.141. The van der Waals surface area contributed by atoms with Gasteiger partial charge in [0.1, 0.15) is 5.65 Å². The molecule has 0 amide bonds. The largest absolute Gasteiger partial charge is 0.481 e. The van der Waals surface area contributed by atoms with E-state index in [1.54, 1.807) is 18.5 Å². The number of carbonyl (C=O) groups excluding carboxylic acids is 1. The van der Waals surface area contributed by atoms with Crippen LogP contribution >= 0.6 is 0 Å². The maximum atomic E-state index is 12.0. The number of rotatable bonds is 5. The molecule has 112 valence electrons. The zero-order chi connectivity index (χ0) is 15.7. The van der Waals surface area contributed by atoms with Crippen LogP contribution in [0, 0.1) is 5.92 Å². The van der Waals surface area contributed by atoms with E-state index < -0.39 is 11.9 Å². The van der Waals surface area contributed by atoms with E-state index in [4.69, 9.17) is 9.52 Å². The predicted octanol–water partition coefficient (Wildman–Crippen LogP) is 3.12. The third-order valence-electron chi connectivity index (χ3n) is 3.55. The SMILES string of the molecule is CC(CC(=O)c1cc(-c2c[nH]c3ncccc23)co1)C(=O)O. The fourth-order valence-electron chi connectivity index (χ4n) is 2.28. The molecule has 0 aliphatic rings. The second kappa shape index (κ2) is 5.48. The molecule has 3 aromatic heterocycles. The molecular weight excluding hydrogens is 284 g/mol. The summed E-state index contributed by atoms with van der Waals surface area (Å²) < 4.78 is 5.30. The Morgan fingerprint density at radius 3 is 3.05 bits per heavy atom. The van der Waals surface area contributed by atoms with E-state index in [9.17, 15) is 9.59 Å². The van der Waals surface area contributed by atoms with Gasteiger partial charge in [0.05, 0.1) is 12.2 Å². The molecule has 0 saturated heterocycles. The van der Waals surface area contributed by atoms with Crippen LogP contribution < -0.4 is 0 Å². The molecule has 3 heterocycles. The molecule has 1 unspecified atom stereocenters. The van der Waals surface area contributed by atoms with E-state index >= 15 is 0 Å². The smallest absolute Gasteiger partial charge is 0.306 e. The first-order chi connectivity index (χ1) is 10.6. The Morgan fingerprint density at radius 2 is 2.27 bits per heavy atom. The van der Waals surface area contributed by atoms with Gasteiger partial charge < -0.3 is 14.5 Å². The minimum absolute atomic E-state index is 0.0856. The topological polar surface area (TPSA) is 96.2 Å². The molecule has 0 aliphatic carbocycles. The average molecular weight is 298 g/mol. The number of H-pyrrole nitrogens is 1. The van der Waals surface area contributed by atoms with Crippen molar-refractivity contribution in [1.29, 1.82) is 0 Å². The van der Waals surface area contributed by atoms with E-state index in [2.05, 4.69) is 9.97 Å². The highest BCUT2D eigenvalue weighted by Gasteiger charge is 2.20. The average Bonchev–Trinajstić information content (AvgIpc) is 3.13. The van der Waals surface area contributed by atoms with Gasteiger partial charge in [0, 0.05) is 35.3 Å². The summed E-state index contributed by atoms with van der Waals surface area (Å²) in [5.41, 5.74) is 2.40. The zero-order valence-corrected chi connectivity index (χ0v) is 11.9. The molecule has 2 N–H and O–H groups in total. The molecule has 6 heteroatoms. The molecule has 3 aromatic rings. The summed E-state index contributed by atoms with van der Waals surface area (Å²) in [6.45, 7) is 1.50. The van der Waals surface area contributed by atoms with Crippen molar-refractivity contribution in [3.05, 3.63) is 42.6 Å². The molecule has 6 nitrogen and oxygen atoms in total. The van der Waals surface area contributed by atoms with Crippen LogP contribution in [0.15, 0.2) is 41.3 Å². The number of hydrogen-bond acceptors (Lipinski definition) is 4. The third-order valence-corrected chi connectivity index (χ3v) is 3.55. The lowest BCUT2D eigenvalue weighted by Crippen LogP contribution is -2.14. The maximum Gasteiger partial charge on any atom is 0.306 e. The monoisotopic (exact) mass is 298 g/mol. The van der Waals surface area contributed by atoms with Crippen molar-refractivity contribution in [3.63, 3.8) is 0 Å². The van der Waals surface area contributed by atoms with E-state index in [-0.39, 0.29) is 18.0 Å². The van der Waals surface area contributed by atoms with Crippen molar-refractivity contribution in [1.82, 2.24) is 9.97 Å². The number of carbonyl (C=O) groups is 2. The summed E-state index contributed by atoms with van der Waals surface area (Å²) in [7, 11) is 0. The standard InChI is InChI=1S/C16H14N2O4/c1-9(16(20)21)5-13(19)14-6-10(8-22-14)12-7-18-15-11(12)3-2-4-17-15/h2-4,6-9H,5H2,1H3,(H,17,18)(H,20,21). The number of Topliss-reactive ketones (excluding diaryl/α,β-unsaturated/α-hetero) is 1. The van der Waals surface area contributed by atoms with Crippen LogP contribution in [0.1, 0.15) is 23.9 Å². The van der Waals surface area contributed by atoms with Crippen LogP contribution in [0.3, 0.4) is 0 Å². The van der Waals surface area contributed by atoms with Gasteiger partial charge in [0.15, 0.2) is 11.5 Å². The van der Waals surface area contributed by atoms with Crippen molar-refractivity contribution in [3.8, 4) is 11.1 Å². The van der Waals surface area contributed by atoms with Crippen molar-refractivity contribution in [2.45, 2.75) is 13.3 Å². The highest BCUT2D eigenvalue weighted by Crippen LogP contribution is 2.29. The number of furan rings is 1. The molecule has 0 aliphatic heterocycles. The van der Waals surface area contributed by atoms with Gasteiger partial charge in [0.25, 0.3) is 0 Å². The van der Waals surface area contributed by atoms with E-state index in [0.717, 1.165) is 22.2 Å². The lowest BCUT2D eigenvalue weighted by atomic mass is 10.0. The number of carboxylic acid groups (broad SMARTS) is 1. The number of carboxylic acids is 1. The van der Waals surface area contributed by atoms with Crippen LogP contribution in [0.25, 0.3) is 22.2 Å². The Bertz CT molecular complexity index is 847. The first-order valence-electron chi connectivity index (χ1n) is 6.83. The second-order valence-corrected chi connectivity index (χ2v) is 5.17. The Labute approximate surface area is 125 Å². The van der Waals surface area contributed by atoms with Gasteiger partial charge in [-0.25, -0.2) is 4.98 Å². The van der Waals surface area contributed by atoms with Crippen LogP contribution in [-0.2, 0) is 4.79 Å². The molecule has 1 atom stereocenters. The number of aromatic amines is 1. The van der Waals surface area contributed by atoms with E-state index in [1.807, 2.05) is 12.1 Å². The van der Waals surface area contributed by atoms with Crippen LogP contribution in [0.2, 0.25) is 0 Å². The molecule has 0 spiro atoms. The Morgan fingerprint density at radius 1 is 1.45 bits per heavy atom. The normalized spacial score (nSPS) is 12.4. The summed E-state index contributed by atoms with van der Waals surface area (Å²) >= 11 is 0. The number of aliphatic carboxylic acids is 1. The highest BCUT2D eigenvalue weighted by molar-refractivity contribution is 5.98. The van der Waals surface area contributed by atoms with E-state index in [1.165, 1.54) is 13.2 Å². The minimum atomic E-state index is -0.997. The summed E-state index contributed by atoms with van der Waals surface area (Å²) in [6, 6.07) is 5.39. The number of pyridine rings is 1.